The van der Waals surface area contributed by atoms with Gasteiger partial charge >= 0.3 is 0 Å². The maximum absolute atomic E-state index is 8.14. The Bertz CT molecular complexity index is 210. The predicted molar refractivity (Wildman–Crippen MR) is 51.3 cm³/mol. The summed E-state index contributed by atoms with van der Waals surface area (Å²) in [4.78, 5) is 5.21. The number of likely N-dealkylation sites (tertiary alicyclic amines) is 1. The molecule has 0 amide bonds. The lowest BCUT2D eigenvalue weighted by Crippen LogP contribution is -2.24. The molecular weight excluding hydrogens is 164 g/mol. The molecule has 13 heavy (non-hydrogen) atoms. The fourth-order valence-electron chi connectivity index (χ4n) is 2.75. The van der Waals surface area contributed by atoms with E-state index in [9.17, 15) is 0 Å². The Balaban J connectivity index is 1.75. The molecule has 2 aliphatic rings. The van der Waals surface area contributed by atoms with Crippen LogP contribution in [0.15, 0.2) is 5.11 Å². The molecule has 0 spiro atoms. The number of hydrogen-bond donors (Lipinski definition) is 0. The standard InChI is InChI=1S/C9H16N4/c10-12-11-4-5-13-6-8-2-1-3-9(8)7-13/h8-9H,1-7H2. The molecule has 2 atom stereocenters. The van der Waals surface area contributed by atoms with Crippen molar-refractivity contribution in [2.75, 3.05) is 26.2 Å². The number of azide groups is 1. The van der Waals surface area contributed by atoms with Crippen molar-refractivity contribution in [3.8, 4) is 0 Å². The second-order valence-corrected chi connectivity index (χ2v) is 4.17. The van der Waals surface area contributed by atoms with Gasteiger partial charge in [0.2, 0.25) is 0 Å². The highest BCUT2D eigenvalue weighted by atomic mass is 15.2. The van der Waals surface area contributed by atoms with Gasteiger partial charge in [0, 0.05) is 31.1 Å². The molecule has 4 heteroatoms. The largest absolute Gasteiger partial charge is 0.303 e. The maximum atomic E-state index is 8.14. The van der Waals surface area contributed by atoms with Crippen molar-refractivity contribution in [1.29, 1.82) is 0 Å². The van der Waals surface area contributed by atoms with Gasteiger partial charge in [0.15, 0.2) is 0 Å². The first-order chi connectivity index (χ1) is 6.40. The van der Waals surface area contributed by atoms with E-state index in [-0.39, 0.29) is 0 Å². The normalized spacial score (nSPS) is 32.9. The van der Waals surface area contributed by atoms with Crippen molar-refractivity contribution in [3.63, 3.8) is 0 Å². The number of rotatable bonds is 3. The Hall–Kier alpha value is -0.730. The molecule has 0 aromatic rings. The van der Waals surface area contributed by atoms with Crippen molar-refractivity contribution in [2.45, 2.75) is 19.3 Å². The molecule has 0 aromatic heterocycles. The molecule has 1 saturated carbocycles. The highest BCUT2D eigenvalue weighted by Gasteiger charge is 2.35. The van der Waals surface area contributed by atoms with Crippen molar-refractivity contribution >= 4 is 0 Å². The van der Waals surface area contributed by atoms with Crippen molar-refractivity contribution in [1.82, 2.24) is 4.90 Å². The van der Waals surface area contributed by atoms with Gasteiger partial charge in [-0.25, -0.2) is 0 Å². The fraction of sp³-hybridized carbons (Fsp3) is 1.00. The summed E-state index contributed by atoms with van der Waals surface area (Å²) < 4.78 is 0. The summed E-state index contributed by atoms with van der Waals surface area (Å²) in [7, 11) is 0. The third-order valence-electron chi connectivity index (χ3n) is 3.38. The zero-order valence-corrected chi connectivity index (χ0v) is 7.89. The first kappa shape index (κ1) is 8.85. The first-order valence-electron chi connectivity index (χ1n) is 5.13. The molecule has 0 radical (unpaired) electrons. The average Bonchev–Trinajstić information content (AvgIpc) is 2.64. The number of fused-ring (bicyclic) bond motifs is 1. The molecule has 2 fully saturated rings. The Labute approximate surface area is 78.5 Å². The van der Waals surface area contributed by atoms with E-state index in [1.165, 1.54) is 32.4 Å². The Morgan fingerprint density at radius 3 is 2.62 bits per heavy atom. The zero-order chi connectivity index (χ0) is 9.10. The van der Waals surface area contributed by atoms with Gasteiger partial charge < -0.3 is 4.90 Å². The van der Waals surface area contributed by atoms with Gasteiger partial charge in [-0.3, -0.25) is 0 Å². The molecule has 1 saturated heterocycles. The van der Waals surface area contributed by atoms with Gasteiger partial charge in [-0.05, 0) is 30.2 Å². The lowest BCUT2D eigenvalue weighted by molar-refractivity contribution is 0.320. The van der Waals surface area contributed by atoms with Crippen LogP contribution < -0.4 is 0 Å². The van der Waals surface area contributed by atoms with Gasteiger partial charge in [-0.1, -0.05) is 11.5 Å². The van der Waals surface area contributed by atoms with Gasteiger partial charge in [0.25, 0.3) is 0 Å². The summed E-state index contributed by atoms with van der Waals surface area (Å²) in [5, 5.41) is 3.57. The summed E-state index contributed by atoms with van der Waals surface area (Å²) in [6.07, 6.45) is 4.27. The van der Waals surface area contributed by atoms with E-state index in [1.54, 1.807) is 0 Å². The van der Waals surface area contributed by atoms with Crippen LogP contribution in [0.5, 0.6) is 0 Å². The Morgan fingerprint density at radius 2 is 2.00 bits per heavy atom. The second kappa shape index (κ2) is 3.99. The smallest absolute Gasteiger partial charge is 0.0385 e. The minimum absolute atomic E-state index is 0.635. The van der Waals surface area contributed by atoms with E-state index in [0.29, 0.717) is 6.54 Å². The lowest BCUT2D eigenvalue weighted by atomic mass is 10.0. The van der Waals surface area contributed by atoms with Crippen LogP contribution in [0, 0.1) is 11.8 Å². The Kier molecular flexibility index (Phi) is 2.71. The monoisotopic (exact) mass is 180 g/mol. The van der Waals surface area contributed by atoms with Crippen LogP contribution >= 0.6 is 0 Å². The summed E-state index contributed by atoms with van der Waals surface area (Å²) >= 11 is 0. The van der Waals surface area contributed by atoms with Crippen molar-refractivity contribution in [2.24, 2.45) is 17.0 Å². The van der Waals surface area contributed by atoms with Crippen LogP contribution in [0.1, 0.15) is 19.3 Å². The van der Waals surface area contributed by atoms with Crippen LogP contribution in [0.3, 0.4) is 0 Å². The minimum Gasteiger partial charge on any atom is -0.303 e. The molecule has 2 rings (SSSR count). The highest BCUT2D eigenvalue weighted by molar-refractivity contribution is 4.88. The number of hydrogen-bond acceptors (Lipinski definition) is 2. The second-order valence-electron chi connectivity index (χ2n) is 4.17. The van der Waals surface area contributed by atoms with E-state index in [4.69, 9.17) is 5.53 Å². The van der Waals surface area contributed by atoms with Gasteiger partial charge in [0.1, 0.15) is 0 Å². The van der Waals surface area contributed by atoms with E-state index >= 15 is 0 Å². The van der Waals surface area contributed by atoms with Gasteiger partial charge in [0.05, 0.1) is 0 Å². The molecule has 0 N–H and O–H groups in total. The maximum Gasteiger partial charge on any atom is 0.0385 e. The van der Waals surface area contributed by atoms with E-state index < -0.39 is 0 Å². The van der Waals surface area contributed by atoms with Crippen LogP contribution in [0.25, 0.3) is 10.4 Å². The average molecular weight is 180 g/mol. The minimum atomic E-state index is 0.635. The van der Waals surface area contributed by atoms with Gasteiger partial charge in [-0.15, -0.1) is 0 Å². The third kappa shape index (κ3) is 1.95. The number of nitrogens with zero attached hydrogens (tertiary/aromatic N) is 4. The highest BCUT2D eigenvalue weighted by Crippen LogP contribution is 2.37. The quantitative estimate of drug-likeness (QED) is 0.372. The van der Waals surface area contributed by atoms with Crippen LogP contribution in [-0.2, 0) is 0 Å². The van der Waals surface area contributed by atoms with Crippen LogP contribution in [0.4, 0.5) is 0 Å². The topological polar surface area (TPSA) is 52.0 Å². The lowest BCUT2D eigenvalue weighted by Gasteiger charge is -2.14. The molecule has 2 unspecified atom stereocenters. The summed E-state index contributed by atoms with van der Waals surface area (Å²) in [6.45, 7) is 4.07. The fourth-order valence-corrected chi connectivity index (χ4v) is 2.75. The molecule has 72 valence electrons. The van der Waals surface area contributed by atoms with E-state index in [2.05, 4.69) is 14.9 Å². The Morgan fingerprint density at radius 1 is 1.31 bits per heavy atom. The third-order valence-corrected chi connectivity index (χ3v) is 3.38. The summed E-state index contributed by atoms with van der Waals surface area (Å²) in [5.41, 5.74) is 8.14. The van der Waals surface area contributed by atoms with Gasteiger partial charge in [-0.2, -0.15) is 0 Å². The van der Waals surface area contributed by atoms with Crippen molar-refractivity contribution in [3.05, 3.63) is 10.4 Å². The summed E-state index contributed by atoms with van der Waals surface area (Å²) in [5.74, 6) is 1.90. The first-order valence-corrected chi connectivity index (χ1v) is 5.13. The molecule has 0 bridgehead atoms. The molecule has 1 aliphatic carbocycles. The predicted octanol–water partition coefficient (Wildman–Crippen LogP) is 2.03. The van der Waals surface area contributed by atoms with Crippen LogP contribution in [0.2, 0.25) is 0 Å². The molecule has 0 aromatic carbocycles. The van der Waals surface area contributed by atoms with Crippen LogP contribution in [-0.4, -0.2) is 31.1 Å². The summed E-state index contributed by atoms with van der Waals surface area (Å²) in [6, 6.07) is 0. The van der Waals surface area contributed by atoms with E-state index in [0.717, 1.165) is 18.4 Å². The molecule has 1 aliphatic heterocycles. The molecular formula is C9H16N4. The SMILES string of the molecule is [N-]=[N+]=NCCN1CC2CCCC2C1. The van der Waals surface area contributed by atoms with E-state index in [1.807, 2.05) is 0 Å². The molecule has 4 nitrogen and oxygen atoms in total. The van der Waals surface area contributed by atoms with Crippen molar-refractivity contribution < 1.29 is 0 Å². The molecule has 1 heterocycles. The zero-order valence-electron chi connectivity index (χ0n) is 7.89.